The van der Waals surface area contributed by atoms with Gasteiger partial charge in [0.25, 0.3) is 0 Å². The molecule has 0 aromatic rings. The van der Waals surface area contributed by atoms with E-state index >= 15 is 0 Å². The monoisotopic (exact) mass is 542 g/mol. The number of rotatable bonds is 2. The molecule has 0 spiro atoms. The van der Waals surface area contributed by atoms with Crippen molar-refractivity contribution in [1.82, 2.24) is 0 Å². The first-order valence-corrected chi connectivity index (χ1v) is 16.1. The molecule has 13 unspecified atom stereocenters. The normalized spacial score (nSPS) is 53.2. The van der Waals surface area contributed by atoms with Crippen LogP contribution in [0.4, 0.5) is 0 Å². The second kappa shape index (κ2) is 10.4. The fourth-order valence-corrected chi connectivity index (χ4v) is 9.39. The van der Waals surface area contributed by atoms with E-state index in [1.165, 1.54) is 37.7 Å². The predicted octanol–water partition coefficient (Wildman–Crippen LogP) is 6.27. The molecule has 7 aliphatic rings. The van der Waals surface area contributed by atoms with E-state index in [1.807, 2.05) is 6.08 Å². The van der Waals surface area contributed by atoms with Gasteiger partial charge in [-0.05, 0) is 88.2 Å². The largest absolute Gasteiger partial charge is 0.488 e. The lowest BCUT2D eigenvalue weighted by Crippen LogP contribution is -2.57. The van der Waals surface area contributed by atoms with E-state index in [2.05, 4.69) is 34.3 Å². The van der Waals surface area contributed by atoms with Crippen molar-refractivity contribution in [2.45, 2.75) is 165 Å². The van der Waals surface area contributed by atoms with Crippen LogP contribution in [0, 0.1) is 17.8 Å². The van der Waals surface area contributed by atoms with Crippen molar-refractivity contribution in [1.29, 1.82) is 0 Å². The summed E-state index contributed by atoms with van der Waals surface area (Å²) < 4.78 is 40.3. The van der Waals surface area contributed by atoms with Crippen LogP contribution in [0.15, 0.2) is 24.0 Å². The van der Waals surface area contributed by atoms with Gasteiger partial charge in [0.2, 0.25) is 0 Å². The third kappa shape index (κ3) is 5.05. The van der Waals surface area contributed by atoms with Gasteiger partial charge < -0.3 is 28.4 Å². The average molecular weight is 543 g/mol. The third-order valence-electron chi connectivity index (χ3n) is 11.3. The first kappa shape index (κ1) is 26.9. The van der Waals surface area contributed by atoms with Crippen LogP contribution in [-0.2, 0) is 28.4 Å². The number of hydrogen-bond donors (Lipinski definition) is 0. The van der Waals surface area contributed by atoms with E-state index in [0.717, 1.165) is 44.3 Å². The summed E-state index contributed by atoms with van der Waals surface area (Å²) in [5.41, 5.74) is 1.25. The fraction of sp³-hybridized carbons (Fsp3) is 0.879. The van der Waals surface area contributed by atoms with Crippen molar-refractivity contribution >= 4 is 0 Å². The first-order chi connectivity index (χ1) is 18.8. The molecule has 1 aliphatic carbocycles. The SMILES string of the molecule is C=C1C=C(C)C2OC3CC4OC5CCC6CC7CCC(C)(CCC)OC7CC6OC5[C@H](C)CC4OC3CC2O1. The summed E-state index contributed by atoms with van der Waals surface area (Å²) in [4.78, 5) is 0. The van der Waals surface area contributed by atoms with Crippen molar-refractivity contribution in [3.63, 3.8) is 0 Å². The molecule has 7 rings (SSSR count). The van der Waals surface area contributed by atoms with E-state index in [1.54, 1.807) is 0 Å². The highest BCUT2D eigenvalue weighted by Crippen LogP contribution is 2.49. The average Bonchev–Trinajstić information content (AvgIpc) is 3.13. The molecule has 6 heteroatoms. The molecule has 6 heterocycles. The van der Waals surface area contributed by atoms with E-state index in [-0.39, 0.29) is 60.5 Å². The molecule has 0 aromatic heterocycles. The Morgan fingerprint density at radius 1 is 0.795 bits per heavy atom. The van der Waals surface area contributed by atoms with Crippen molar-refractivity contribution in [2.24, 2.45) is 17.8 Å². The fourth-order valence-electron chi connectivity index (χ4n) is 9.39. The summed E-state index contributed by atoms with van der Waals surface area (Å²) in [5.74, 6) is 2.45. The van der Waals surface area contributed by atoms with Crippen LogP contribution >= 0.6 is 0 Å². The Morgan fingerprint density at radius 3 is 2.31 bits per heavy atom. The molecule has 0 radical (unpaired) electrons. The lowest BCUT2D eigenvalue weighted by atomic mass is 9.71. The van der Waals surface area contributed by atoms with Crippen molar-refractivity contribution in [3.05, 3.63) is 24.0 Å². The Bertz CT molecular complexity index is 964. The van der Waals surface area contributed by atoms with Gasteiger partial charge >= 0.3 is 0 Å². The summed E-state index contributed by atoms with van der Waals surface area (Å²) in [7, 11) is 0. The quantitative estimate of drug-likeness (QED) is 0.410. The van der Waals surface area contributed by atoms with Gasteiger partial charge in [0.05, 0.1) is 54.4 Å². The van der Waals surface area contributed by atoms with Crippen LogP contribution in [0.3, 0.4) is 0 Å². The van der Waals surface area contributed by atoms with Gasteiger partial charge in [-0.25, -0.2) is 0 Å². The van der Waals surface area contributed by atoms with Crippen molar-refractivity contribution in [3.8, 4) is 0 Å². The van der Waals surface area contributed by atoms with Gasteiger partial charge in [0.1, 0.15) is 18.0 Å². The summed E-state index contributed by atoms with van der Waals surface area (Å²) in [6.07, 6.45) is 15.3. The molecule has 0 aromatic carbocycles. The van der Waals surface area contributed by atoms with Crippen molar-refractivity contribution < 1.29 is 28.4 Å². The lowest BCUT2D eigenvalue weighted by molar-refractivity contribution is -0.251. The highest BCUT2D eigenvalue weighted by atomic mass is 16.6. The molecule has 6 fully saturated rings. The maximum atomic E-state index is 7.09. The topological polar surface area (TPSA) is 55.4 Å². The minimum Gasteiger partial charge on any atom is -0.488 e. The van der Waals surface area contributed by atoms with Gasteiger partial charge in [-0.15, -0.1) is 0 Å². The van der Waals surface area contributed by atoms with Crippen LogP contribution in [0.25, 0.3) is 0 Å². The van der Waals surface area contributed by atoms with E-state index < -0.39 is 0 Å². The van der Waals surface area contributed by atoms with Gasteiger partial charge in [0, 0.05) is 19.3 Å². The molecule has 39 heavy (non-hydrogen) atoms. The Morgan fingerprint density at radius 2 is 1.49 bits per heavy atom. The van der Waals surface area contributed by atoms with Crippen LogP contribution in [0.5, 0.6) is 0 Å². The molecule has 5 saturated heterocycles. The molecule has 6 nitrogen and oxygen atoms in total. The number of fused-ring (bicyclic) bond motifs is 6. The van der Waals surface area contributed by atoms with Gasteiger partial charge in [-0.2, -0.15) is 0 Å². The standard InChI is InChI=1S/C33H50O6/c1-6-10-33(5)11-9-22-14-21-7-8-23-31(37-24(21)15-25(22)39-33)19(3)13-26-27(35-23)16-29-28(36-26)17-30-32(38-29)18(2)12-20(4)34-30/h12,19,21-32H,4,6-11,13-17H2,1-3,5H3/t19-,21?,22?,23?,24?,25?,26?,27?,28?,29?,30?,31?,32?,33?/m1/s1. The molecule has 0 amide bonds. The zero-order valence-electron chi connectivity index (χ0n) is 24.5. The van der Waals surface area contributed by atoms with Crippen LogP contribution in [-0.4, -0.2) is 66.6 Å². The van der Waals surface area contributed by atoms with Gasteiger partial charge in [-0.1, -0.05) is 26.8 Å². The zero-order chi connectivity index (χ0) is 26.9. The molecule has 6 aliphatic heterocycles. The maximum Gasteiger partial charge on any atom is 0.131 e. The Kier molecular flexibility index (Phi) is 7.20. The second-order valence-electron chi connectivity index (χ2n) is 14.3. The second-order valence-corrected chi connectivity index (χ2v) is 14.3. The lowest BCUT2D eigenvalue weighted by Gasteiger charge is -2.49. The molecule has 0 bridgehead atoms. The Balaban J connectivity index is 1.04. The van der Waals surface area contributed by atoms with Gasteiger partial charge in [-0.3, -0.25) is 0 Å². The van der Waals surface area contributed by atoms with E-state index in [4.69, 9.17) is 28.4 Å². The van der Waals surface area contributed by atoms with Crippen LogP contribution < -0.4 is 0 Å². The van der Waals surface area contributed by atoms with E-state index in [9.17, 15) is 0 Å². The molecular formula is C33H50O6. The van der Waals surface area contributed by atoms with Crippen LogP contribution in [0.1, 0.15) is 98.3 Å². The third-order valence-corrected chi connectivity index (χ3v) is 11.3. The van der Waals surface area contributed by atoms with Crippen LogP contribution in [0.2, 0.25) is 0 Å². The minimum atomic E-state index is -0.0105. The Labute approximate surface area is 235 Å². The number of hydrogen-bond acceptors (Lipinski definition) is 6. The first-order valence-electron chi connectivity index (χ1n) is 16.1. The number of ether oxygens (including phenoxy) is 6. The number of allylic oxidation sites excluding steroid dienone is 1. The van der Waals surface area contributed by atoms with E-state index in [0.29, 0.717) is 23.9 Å². The zero-order valence-corrected chi connectivity index (χ0v) is 24.5. The maximum absolute atomic E-state index is 7.09. The summed E-state index contributed by atoms with van der Waals surface area (Å²) in [6.45, 7) is 13.1. The molecule has 1 saturated carbocycles. The minimum absolute atomic E-state index is 0.00732. The molecule has 0 N–H and O–H groups in total. The highest BCUT2D eigenvalue weighted by Gasteiger charge is 2.53. The predicted molar refractivity (Wildman–Crippen MR) is 148 cm³/mol. The summed E-state index contributed by atoms with van der Waals surface area (Å²) >= 11 is 0. The smallest absolute Gasteiger partial charge is 0.131 e. The molecule has 14 atom stereocenters. The summed E-state index contributed by atoms with van der Waals surface area (Å²) in [6, 6.07) is 0. The van der Waals surface area contributed by atoms with Gasteiger partial charge in [0.15, 0.2) is 0 Å². The summed E-state index contributed by atoms with van der Waals surface area (Å²) in [5, 5.41) is 0. The molecule has 218 valence electrons. The Hall–Kier alpha value is -0.920. The molecular weight excluding hydrogens is 492 g/mol. The highest BCUT2D eigenvalue weighted by molar-refractivity contribution is 5.24. The van der Waals surface area contributed by atoms with Crippen molar-refractivity contribution in [2.75, 3.05) is 0 Å².